The minimum atomic E-state index is 0.633. The van der Waals surface area contributed by atoms with Crippen LogP contribution in [0.3, 0.4) is 0 Å². The van der Waals surface area contributed by atoms with Gasteiger partial charge in [-0.15, -0.1) is 0 Å². The van der Waals surface area contributed by atoms with Crippen LogP contribution in [-0.2, 0) is 7.05 Å². The fourth-order valence-corrected chi connectivity index (χ4v) is 2.72. The summed E-state index contributed by atoms with van der Waals surface area (Å²) < 4.78 is 8.07. The molecule has 0 unspecified atom stereocenters. The van der Waals surface area contributed by atoms with Gasteiger partial charge in [0.15, 0.2) is 0 Å². The summed E-state index contributed by atoms with van der Waals surface area (Å²) in [5.41, 5.74) is 10.3. The Morgan fingerprint density at radius 2 is 2.06 bits per heavy atom. The quantitative estimate of drug-likeness (QED) is 0.927. The van der Waals surface area contributed by atoms with Crippen LogP contribution in [0.15, 0.2) is 16.7 Å². The monoisotopic (exact) mass is 309 g/mol. The number of halogens is 1. The zero-order valence-electron chi connectivity index (χ0n) is 10.9. The summed E-state index contributed by atoms with van der Waals surface area (Å²) in [5, 5.41) is 4.19. The summed E-state index contributed by atoms with van der Waals surface area (Å²) in [4.78, 5) is 0. The van der Waals surface area contributed by atoms with Crippen LogP contribution in [0.2, 0.25) is 0 Å². The van der Waals surface area contributed by atoms with Crippen LogP contribution in [0.1, 0.15) is 11.1 Å². The van der Waals surface area contributed by atoms with Gasteiger partial charge in [-0.25, -0.2) is 0 Å². The van der Waals surface area contributed by atoms with Crippen molar-refractivity contribution < 1.29 is 4.74 Å². The number of benzene rings is 1. The second kappa shape index (κ2) is 4.65. The molecular formula is C13H16BrN3O. The van der Waals surface area contributed by atoms with Gasteiger partial charge >= 0.3 is 0 Å². The molecule has 0 spiro atoms. The van der Waals surface area contributed by atoms with Crippen LogP contribution in [0.25, 0.3) is 11.1 Å². The standard InChI is InChI=1S/C13H16BrN3O/c1-7-5-10(14)12(18-4)11(8(7)2)9-6-16-17(3)13(9)15/h5-6H,15H2,1-4H3. The van der Waals surface area contributed by atoms with Crippen molar-refractivity contribution in [2.24, 2.45) is 7.05 Å². The lowest BCUT2D eigenvalue weighted by atomic mass is 9.97. The molecule has 0 aliphatic carbocycles. The Balaban J connectivity index is 2.81. The molecule has 2 rings (SSSR count). The molecular weight excluding hydrogens is 294 g/mol. The SMILES string of the molecule is COc1c(Br)cc(C)c(C)c1-c1cnn(C)c1N. The summed E-state index contributed by atoms with van der Waals surface area (Å²) >= 11 is 3.53. The van der Waals surface area contributed by atoms with E-state index in [-0.39, 0.29) is 0 Å². The lowest BCUT2D eigenvalue weighted by Crippen LogP contribution is -2.00. The van der Waals surface area contributed by atoms with Crippen molar-refractivity contribution in [3.63, 3.8) is 0 Å². The van der Waals surface area contributed by atoms with E-state index in [1.165, 1.54) is 5.56 Å². The van der Waals surface area contributed by atoms with Gasteiger partial charge in [-0.2, -0.15) is 5.10 Å². The topological polar surface area (TPSA) is 53.1 Å². The molecule has 0 saturated heterocycles. The molecule has 0 fully saturated rings. The van der Waals surface area contributed by atoms with Gasteiger partial charge in [0.25, 0.3) is 0 Å². The number of hydrogen-bond donors (Lipinski definition) is 1. The van der Waals surface area contributed by atoms with Crippen molar-refractivity contribution in [1.29, 1.82) is 0 Å². The maximum absolute atomic E-state index is 6.06. The molecule has 0 bridgehead atoms. The largest absolute Gasteiger partial charge is 0.495 e. The third-order valence-corrected chi connectivity index (χ3v) is 3.80. The highest BCUT2D eigenvalue weighted by Crippen LogP contribution is 2.42. The predicted molar refractivity (Wildman–Crippen MR) is 76.8 cm³/mol. The van der Waals surface area contributed by atoms with Crippen LogP contribution in [0, 0.1) is 13.8 Å². The zero-order chi connectivity index (χ0) is 13.4. The average molecular weight is 310 g/mol. The third-order valence-electron chi connectivity index (χ3n) is 3.21. The van der Waals surface area contributed by atoms with Gasteiger partial charge in [0.2, 0.25) is 0 Å². The lowest BCUT2D eigenvalue weighted by molar-refractivity contribution is 0.413. The smallest absolute Gasteiger partial charge is 0.141 e. The van der Waals surface area contributed by atoms with Crippen LogP contribution < -0.4 is 10.5 Å². The molecule has 0 aliphatic heterocycles. The zero-order valence-corrected chi connectivity index (χ0v) is 12.5. The minimum absolute atomic E-state index is 0.633. The number of nitrogens with two attached hydrogens (primary N) is 1. The van der Waals surface area contributed by atoms with Crippen molar-refractivity contribution >= 4 is 21.7 Å². The van der Waals surface area contributed by atoms with Crippen molar-refractivity contribution in [3.8, 4) is 16.9 Å². The number of nitrogen functional groups attached to an aromatic ring is 1. The third kappa shape index (κ3) is 1.88. The molecule has 5 heteroatoms. The summed E-state index contributed by atoms with van der Waals surface area (Å²) in [6, 6.07) is 2.05. The Labute approximate surface area is 115 Å². The number of aryl methyl sites for hydroxylation is 2. The molecule has 1 heterocycles. The number of rotatable bonds is 2. The highest BCUT2D eigenvalue weighted by molar-refractivity contribution is 9.10. The summed E-state index contributed by atoms with van der Waals surface area (Å²) in [7, 11) is 3.48. The average Bonchev–Trinajstić information content (AvgIpc) is 2.65. The first-order valence-corrected chi connectivity index (χ1v) is 6.38. The second-order valence-corrected chi connectivity index (χ2v) is 5.13. The fraction of sp³-hybridized carbons (Fsp3) is 0.308. The molecule has 1 aromatic heterocycles. The Kier molecular flexibility index (Phi) is 3.34. The highest BCUT2D eigenvalue weighted by Gasteiger charge is 2.19. The maximum atomic E-state index is 6.06. The molecule has 0 radical (unpaired) electrons. The molecule has 1 aromatic carbocycles. The van der Waals surface area contributed by atoms with Crippen LogP contribution in [-0.4, -0.2) is 16.9 Å². The normalized spacial score (nSPS) is 10.7. The molecule has 0 amide bonds. The van der Waals surface area contributed by atoms with E-state index in [0.29, 0.717) is 5.82 Å². The van der Waals surface area contributed by atoms with Gasteiger partial charge in [-0.05, 0) is 47.0 Å². The van der Waals surface area contributed by atoms with Gasteiger partial charge < -0.3 is 10.5 Å². The van der Waals surface area contributed by atoms with Gasteiger partial charge in [0, 0.05) is 18.2 Å². The molecule has 0 aliphatic rings. The first-order chi connectivity index (χ1) is 8.47. The van der Waals surface area contributed by atoms with E-state index in [2.05, 4.69) is 34.9 Å². The molecule has 2 aromatic rings. The second-order valence-electron chi connectivity index (χ2n) is 4.28. The first kappa shape index (κ1) is 13.0. The summed E-state index contributed by atoms with van der Waals surface area (Å²) in [6.45, 7) is 4.13. The van der Waals surface area contributed by atoms with E-state index in [1.807, 2.05) is 13.1 Å². The molecule has 0 atom stereocenters. The highest BCUT2D eigenvalue weighted by atomic mass is 79.9. The van der Waals surface area contributed by atoms with Crippen LogP contribution >= 0.6 is 15.9 Å². The molecule has 4 nitrogen and oxygen atoms in total. The van der Waals surface area contributed by atoms with Crippen molar-refractivity contribution in [2.45, 2.75) is 13.8 Å². The van der Waals surface area contributed by atoms with Crippen LogP contribution in [0.4, 0.5) is 5.82 Å². The van der Waals surface area contributed by atoms with Gasteiger partial charge in [0.1, 0.15) is 11.6 Å². The fourth-order valence-electron chi connectivity index (χ4n) is 2.01. The van der Waals surface area contributed by atoms with E-state index in [9.17, 15) is 0 Å². The van der Waals surface area contributed by atoms with E-state index < -0.39 is 0 Å². The van der Waals surface area contributed by atoms with Crippen molar-refractivity contribution in [1.82, 2.24) is 9.78 Å². The molecule has 18 heavy (non-hydrogen) atoms. The summed E-state index contributed by atoms with van der Waals surface area (Å²) in [6.07, 6.45) is 1.77. The minimum Gasteiger partial charge on any atom is -0.495 e. The van der Waals surface area contributed by atoms with E-state index in [0.717, 1.165) is 26.9 Å². The van der Waals surface area contributed by atoms with E-state index in [1.54, 1.807) is 18.0 Å². The Morgan fingerprint density at radius 3 is 2.56 bits per heavy atom. The van der Waals surface area contributed by atoms with E-state index in [4.69, 9.17) is 10.5 Å². The Bertz CT molecular complexity index is 605. The Morgan fingerprint density at radius 1 is 1.39 bits per heavy atom. The lowest BCUT2D eigenvalue weighted by Gasteiger charge is -2.15. The van der Waals surface area contributed by atoms with Gasteiger partial charge in [-0.3, -0.25) is 4.68 Å². The Hall–Kier alpha value is -1.49. The number of ether oxygens (including phenoxy) is 1. The van der Waals surface area contributed by atoms with E-state index >= 15 is 0 Å². The first-order valence-electron chi connectivity index (χ1n) is 5.59. The molecule has 0 saturated carbocycles. The molecule has 2 N–H and O–H groups in total. The number of hydrogen-bond acceptors (Lipinski definition) is 3. The number of nitrogens with zero attached hydrogens (tertiary/aromatic N) is 2. The number of aromatic nitrogens is 2. The number of methoxy groups -OCH3 is 1. The van der Waals surface area contributed by atoms with Gasteiger partial charge in [-0.1, -0.05) is 0 Å². The maximum Gasteiger partial charge on any atom is 0.141 e. The van der Waals surface area contributed by atoms with Crippen LogP contribution in [0.5, 0.6) is 5.75 Å². The van der Waals surface area contributed by atoms with Gasteiger partial charge in [0.05, 0.1) is 17.8 Å². The van der Waals surface area contributed by atoms with Crippen molar-refractivity contribution in [3.05, 3.63) is 27.9 Å². The number of anilines is 1. The summed E-state index contributed by atoms with van der Waals surface area (Å²) in [5.74, 6) is 1.42. The molecule has 96 valence electrons. The predicted octanol–water partition coefficient (Wildman–Crippen LogP) is 3.06. The van der Waals surface area contributed by atoms with Crippen molar-refractivity contribution in [2.75, 3.05) is 12.8 Å².